The minimum absolute atomic E-state index is 0. The van der Waals surface area contributed by atoms with E-state index >= 15 is 0 Å². The first-order valence-electron chi connectivity index (χ1n) is 9.61. The van der Waals surface area contributed by atoms with Crippen LogP contribution in [0.5, 0.6) is 0 Å². The molecule has 0 amide bonds. The number of guanidine groups is 1. The Balaban J connectivity index is 0.00000450. The summed E-state index contributed by atoms with van der Waals surface area (Å²) >= 11 is 0. The van der Waals surface area contributed by atoms with E-state index in [-0.39, 0.29) is 55.9 Å². The molecule has 1 saturated heterocycles. The second-order valence-corrected chi connectivity index (χ2v) is 8.86. The van der Waals surface area contributed by atoms with Gasteiger partial charge in [0.05, 0.1) is 12.2 Å². The van der Waals surface area contributed by atoms with Crippen LogP contribution in [-0.4, -0.2) is 55.5 Å². The van der Waals surface area contributed by atoms with Crippen LogP contribution in [0, 0.1) is 0 Å². The summed E-state index contributed by atoms with van der Waals surface area (Å²) < 4.78 is 66.7. The van der Waals surface area contributed by atoms with Crippen molar-refractivity contribution in [1.29, 1.82) is 0 Å². The lowest BCUT2D eigenvalue weighted by Gasteiger charge is -2.32. The number of nitrogens with zero attached hydrogens (tertiary/aromatic N) is 3. The highest BCUT2D eigenvalue weighted by molar-refractivity contribution is 14.0. The number of nitrogens with one attached hydrogen (secondary N) is 2. The molecular formula is C17H29F3IN5O3S. The maximum absolute atomic E-state index is 12.7. The van der Waals surface area contributed by atoms with Gasteiger partial charge >= 0.3 is 15.5 Å². The maximum atomic E-state index is 12.7. The van der Waals surface area contributed by atoms with E-state index in [0.717, 1.165) is 18.5 Å². The highest BCUT2D eigenvalue weighted by Crippen LogP contribution is 2.29. The van der Waals surface area contributed by atoms with Gasteiger partial charge in [0.1, 0.15) is 0 Å². The zero-order valence-corrected chi connectivity index (χ0v) is 20.3. The zero-order chi connectivity index (χ0) is 21.7. The predicted octanol–water partition coefficient (Wildman–Crippen LogP) is 3.18. The monoisotopic (exact) mass is 567 g/mol. The van der Waals surface area contributed by atoms with E-state index in [0.29, 0.717) is 28.5 Å². The lowest BCUT2D eigenvalue weighted by molar-refractivity contribution is -0.0494. The van der Waals surface area contributed by atoms with E-state index in [1.165, 1.54) is 0 Å². The van der Waals surface area contributed by atoms with Gasteiger partial charge in [-0.25, -0.2) is 8.42 Å². The van der Waals surface area contributed by atoms with Gasteiger partial charge < -0.3 is 15.2 Å². The van der Waals surface area contributed by atoms with Crippen molar-refractivity contribution in [2.45, 2.75) is 63.5 Å². The third kappa shape index (κ3) is 6.70. The van der Waals surface area contributed by atoms with Gasteiger partial charge in [-0.1, -0.05) is 19.0 Å². The molecular weight excluding hydrogens is 538 g/mol. The van der Waals surface area contributed by atoms with Crippen LogP contribution in [-0.2, 0) is 16.6 Å². The Bertz CT molecular complexity index is 789. The molecule has 0 unspecified atom stereocenters. The van der Waals surface area contributed by atoms with Crippen LogP contribution < -0.4 is 10.6 Å². The van der Waals surface area contributed by atoms with Crippen molar-refractivity contribution < 1.29 is 26.1 Å². The number of halogens is 4. The van der Waals surface area contributed by atoms with E-state index in [9.17, 15) is 21.6 Å². The summed E-state index contributed by atoms with van der Waals surface area (Å²) in [5, 5.41) is 10.3. The third-order valence-electron chi connectivity index (χ3n) is 5.06. The molecule has 0 bridgehead atoms. The highest BCUT2D eigenvalue weighted by Gasteiger charge is 2.50. The van der Waals surface area contributed by atoms with Crippen LogP contribution in [0.3, 0.4) is 0 Å². The molecule has 0 saturated carbocycles. The molecule has 1 fully saturated rings. The number of aliphatic imine (C=N–C) groups is 1. The Morgan fingerprint density at radius 1 is 1.33 bits per heavy atom. The first-order valence-corrected chi connectivity index (χ1v) is 11.0. The van der Waals surface area contributed by atoms with Crippen molar-refractivity contribution in [2.24, 2.45) is 4.99 Å². The van der Waals surface area contributed by atoms with Crippen molar-refractivity contribution in [3.05, 3.63) is 17.5 Å². The fraction of sp³-hybridized carbons (Fsp3) is 0.765. The van der Waals surface area contributed by atoms with Crippen LogP contribution in [0.2, 0.25) is 0 Å². The first-order chi connectivity index (χ1) is 13.6. The minimum Gasteiger partial charge on any atom is -0.359 e. The molecule has 1 aliphatic heterocycles. The number of alkyl halides is 3. The predicted molar refractivity (Wildman–Crippen MR) is 118 cm³/mol. The smallest absolute Gasteiger partial charge is 0.359 e. The topological polar surface area (TPSA) is 99.8 Å². The summed E-state index contributed by atoms with van der Waals surface area (Å²) in [5.74, 6) is 1.46. The van der Waals surface area contributed by atoms with Crippen LogP contribution >= 0.6 is 24.0 Å². The SMILES string of the molecule is CCC(CC)c1cc(CNC(=NC)NC2CCN(S(=O)(=O)C(F)(F)F)CC2)on1.I. The number of aromatic nitrogens is 1. The van der Waals surface area contributed by atoms with Crippen molar-refractivity contribution in [1.82, 2.24) is 20.1 Å². The van der Waals surface area contributed by atoms with Crippen molar-refractivity contribution in [2.75, 3.05) is 20.1 Å². The molecule has 2 rings (SSSR count). The minimum atomic E-state index is -5.27. The molecule has 174 valence electrons. The Labute approximate surface area is 192 Å². The van der Waals surface area contributed by atoms with Crippen LogP contribution in [0.1, 0.15) is 56.9 Å². The number of sulfonamides is 1. The summed E-state index contributed by atoms with van der Waals surface area (Å²) in [4.78, 5) is 4.10. The van der Waals surface area contributed by atoms with E-state index in [4.69, 9.17) is 4.52 Å². The van der Waals surface area contributed by atoms with Gasteiger partial charge in [0.15, 0.2) is 11.7 Å². The molecule has 2 N–H and O–H groups in total. The number of rotatable bonds is 7. The van der Waals surface area contributed by atoms with Crippen LogP contribution in [0.25, 0.3) is 0 Å². The Morgan fingerprint density at radius 2 is 1.93 bits per heavy atom. The van der Waals surface area contributed by atoms with Gasteiger partial charge in [-0.3, -0.25) is 4.99 Å². The molecule has 0 radical (unpaired) electrons. The van der Waals surface area contributed by atoms with Crippen molar-refractivity contribution >= 4 is 40.0 Å². The molecule has 1 aromatic rings. The van der Waals surface area contributed by atoms with Gasteiger partial charge in [-0.05, 0) is 25.7 Å². The normalized spacial score (nSPS) is 17.1. The molecule has 0 atom stereocenters. The van der Waals surface area contributed by atoms with Crippen LogP contribution in [0.4, 0.5) is 13.2 Å². The first kappa shape index (κ1) is 26.9. The summed E-state index contributed by atoms with van der Waals surface area (Å²) in [5.41, 5.74) is -4.36. The average Bonchev–Trinajstić information content (AvgIpc) is 3.14. The summed E-state index contributed by atoms with van der Waals surface area (Å²) in [6.45, 7) is 4.15. The van der Waals surface area contributed by atoms with Gasteiger partial charge in [0, 0.05) is 38.2 Å². The van der Waals surface area contributed by atoms with Gasteiger partial charge in [-0.2, -0.15) is 17.5 Å². The molecule has 1 aliphatic rings. The van der Waals surface area contributed by atoms with Crippen molar-refractivity contribution in [3.63, 3.8) is 0 Å². The zero-order valence-electron chi connectivity index (χ0n) is 17.2. The summed E-state index contributed by atoms with van der Waals surface area (Å²) in [6, 6.07) is 1.72. The second-order valence-electron chi connectivity index (χ2n) is 6.93. The number of piperidine rings is 1. The molecule has 0 aliphatic carbocycles. The van der Waals surface area contributed by atoms with E-state index in [1.54, 1.807) is 7.05 Å². The van der Waals surface area contributed by atoms with E-state index in [2.05, 4.69) is 34.6 Å². The standard InChI is InChI=1S/C17H28F3N5O3S.HI/c1-4-12(5-2)15-10-14(28-24-15)11-22-16(21-3)23-13-6-8-25(9-7-13)29(26,27)17(18,19)20;/h10,12-13H,4-9,11H2,1-3H3,(H2,21,22,23);1H. The molecule has 13 heteroatoms. The van der Waals surface area contributed by atoms with Crippen molar-refractivity contribution in [3.8, 4) is 0 Å². The lowest BCUT2D eigenvalue weighted by atomic mass is 9.99. The molecule has 30 heavy (non-hydrogen) atoms. The highest BCUT2D eigenvalue weighted by atomic mass is 127. The van der Waals surface area contributed by atoms with Crippen LogP contribution in [0.15, 0.2) is 15.6 Å². The third-order valence-corrected chi connectivity index (χ3v) is 6.69. The fourth-order valence-electron chi connectivity index (χ4n) is 3.26. The molecule has 2 heterocycles. The average molecular weight is 567 g/mol. The summed E-state index contributed by atoms with van der Waals surface area (Å²) in [7, 11) is -3.69. The lowest BCUT2D eigenvalue weighted by Crippen LogP contribution is -2.51. The van der Waals surface area contributed by atoms with E-state index in [1.807, 2.05) is 6.07 Å². The Hall–Kier alpha value is -1.09. The van der Waals surface area contributed by atoms with Gasteiger partial charge in [-0.15, -0.1) is 24.0 Å². The second kappa shape index (κ2) is 11.5. The number of hydrogen-bond donors (Lipinski definition) is 2. The van der Waals surface area contributed by atoms with Gasteiger partial charge in [0.2, 0.25) is 0 Å². The number of hydrogen-bond acceptors (Lipinski definition) is 5. The van der Waals surface area contributed by atoms with E-state index < -0.39 is 15.5 Å². The Kier molecular flexibility index (Phi) is 10.3. The Morgan fingerprint density at radius 3 is 2.43 bits per heavy atom. The molecule has 8 nitrogen and oxygen atoms in total. The maximum Gasteiger partial charge on any atom is 0.511 e. The molecule has 1 aromatic heterocycles. The summed E-state index contributed by atoms with van der Waals surface area (Å²) in [6.07, 6.45) is 2.44. The largest absolute Gasteiger partial charge is 0.511 e. The fourth-order valence-corrected chi connectivity index (χ4v) is 4.24. The molecule has 0 aromatic carbocycles. The quantitative estimate of drug-likeness (QED) is 0.299. The van der Waals surface area contributed by atoms with Gasteiger partial charge in [0.25, 0.3) is 0 Å². The molecule has 0 spiro atoms.